The Morgan fingerprint density at radius 1 is 1.36 bits per heavy atom. The second-order valence-corrected chi connectivity index (χ2v) is 6.63. The fourth-order valence-electron chi connectivity index (χ4n) is 3.40. The molecule has 0 unspecified atom stereocenters. The van der Waals surface area contributed by atoms with E-state index in [4.69, 9.17) is 9.47 Å². The number of anilines is 1. The first-order valence-electron chi connectivity index (χ1n) is 9.02. The lowest BCUT2D eigenvalue weighted by atomic mass is 10.1. The fraction of sp³-hybridized carbons (Fsp3) is 0.579. The number of carbonyl (C=O) groups excluding carboxylic acids is 2. The number of nitrogens with zero attached hydrogens (tertiary/aromatic N) is 2. The van der Waals surface area contributed by atoms with Crippen LogP contribution < -0.4 is 9.64 Å². The minimum Gasteiger partial charge on any atom is -0.479 e. The van der Waals surface area contributed by atoms with Gasteiger partial charge in [-0.1, -0.05) is 12.1 Å². The SMILES string of the molecule is CCN(C[C@H]1CCOC1)C(=O)CCN1C(=O)[C@H](C)Oc2ccccc21. The van der Waals surface area contributed by atoms with Crippen LogP contribution in [0.2, 0.25) is 0 Å². The molecular formula is C19H26N2O4. The molecule has 1 fully saturated rings. The van der Waals surface area contributed by atoms with Crippen molar-refractivity contribution in [3.8, 4) is 5.75 Å². The van der Waals surface area contributed by atoms with Gasteiger partial charge < -0.3 is 19.3 Å². The van der Waals surface area contributed by atoms with Crippen LogP contribution in [0.15, 0.2) is 24.3 Å². The van der Waals surface area contributed by atoms with E-state index in [9.17, 15) is 9.59 Å². The van der Waals surface area contributed by atoms with Crippen LogP contribution in [0, 0.1) is 5.92 Å². The first-order valence-corrected chi connectivity index (χ1v) is 9.02. The van der Waals surface area contributed by atoms with Crippen molar-refractivity contribution in [3.63, 3.8) is 0 Å². The largest absolute Gasteiger partial charge is 0.479 e. The van der Waals surface area contributed by atoms with E-state index in [1.807, 2.05) is 36.1 Å². The van der Waals surface area contributed by atoms with E-state index < -0.39 is 6.10 Å². The Hall–Kier alpha value is -2.08. The van der Waals surface area contributed by atoms with Crippen molar-refractivity contribution >= 4 is 17.5 Å². The van der Waals surface area contributed by atoms with Crippen molar-refractivity contribution in [2.45, 2.75) is 32.8 Å². The van der Waals surface area contributed by atoms with Crippen molar-refractivity contribution in [1.29, 1.82) is 0 Å². The molecule has 0 spiro atoms. The predicted molar refractivity (Wildman–Crippen MR) is 94.7 cm³/mol. The number of hydrogen-bond donors (Lipinski definition) is 0. The minimum absolute atomic E-state index is 0.0822. The summed E-state index contributed by atoms with van der Waals surface area (Å²) in [5.74, 6) is 1.10. The molecule has 2 amide bonds. The van der Waals surface area contributed by atoms with Gasteiger partial charge in [-0.2, -0.15) is 0 Å². The molecule has 2 aliphatic heterocycles. The number of amides is 2. The minimum atomic E-state index is -0.525. The van der Waals surface area contributed by atoms with E-state index in [-0.39, 0.29) is 11.8 Å². The zero-order valence-corrected chi connectivity index (χ0v) is 14.9. The van der Waals surface area contributed by atoms with Gasteiger partial charge in [-0.25, -0.2) is 0 Å². The summed E-state index contributed by atoms with van der Waals surface area (Å²) in [7, 11) is 0. The molecule has 1 aromatic carbocycles. The van der Waals surface area contributed by atoms with E-state index in [0.717, 1.165) is 31.9 Å². The van der Waals surface area contributed by atoms with Gasteiger partial charge in [0.05, 0.1) is 12.3 Å². The quantitative estimate of drug-likeness (QED) is 0.791. The molecule has 0 radical (unpaired) electrons. The number of benzene rings is 1. The van der Waals surface area contributed by atoms with Crippen LogP contribution in [0.4, 0.5) is 5.69 Å². The van der Waals surface area contributed by atoms with Gasteiger partial charge in [0.15, 0.2) is 6.10 Å². The molecule has 1 saturated heterocycles. The van der Waals surface area contributed by atoms with Crippen molar-refractivity contribution < 1.29 is 19.1 Å². The number of rotatable bonds is 6. The number of hydrogen-bond acceptors (Lipinski definition) is 4. The van der Waals surface area contributed by atoms with E-state index in [1.54, 1.807) is 11.8 Å². The van der Waals surface area contributed by atoms with Gasteiger partial charge in [-0.15, -0.1) is 0 Å². The Morgan fingerprint density at radius 3 is 2.88 bits per heavy atom. The van der Waals surface area contributed by atoms with Crippen molar-refractivity contribution in [2.24, 2.45) is 5.92 Å². The molecule has 0 N–H and O–H groups in total. The predicted octanol–water partition coefficient (Wildman–Crippen LogP) is 2.08. The van der Waals surface area contributed by atoms with Crippen LogP contribution in [0.3, 0.4) is 0 Å². The molecule has 0 aliphatic carbocycles. The average molecular weight is 346 g/mol. The molecule has 136 valence electrons. The molecule has 2 atom stereocenters. The molecule has 2 heterocycles. The molecule has 25 heavy (non-hydrogen) atoms. The van der Waals surface area contributed by atoms with Gasteiger partial charge >= 0.3 is 0 Å². The standard InChI is InChI=1S/C19H26N2O4/c1-3-20(12-15-9-11-24-13-15)18(22)8-10-21-16-6-4-5-7-17(16)25-14(2)19(21)23/h4-7,14-15H,3,8-13H2,1-2H3/t14-,15+/m0/s1. The second kappa shape index (κ2) is 7.87. The van der Waals surface area contributed by atoms with Crippen LogP contribution in [-0.2, 0) is 14.3 Å². The summed E-state index contributed by atoms with van der Waals surface area (Å²) in [5.41, 5.74) is 0.741. The van der Waals surface area contributed by atoms with Crippen LogP contribution in [0.1, 0.15) is 26.7 Å². The highest BCUT2D eigenvalue weighted by Gasteiger charge is 2.31. The summed E-state index contributed by atoms with van der Waals surface area (Å²) < 4.78 is 11.0. The third kappa shape index (κ3) is 3.95. The number of ether oxygens (including phenoxy) is 2. The molecular weight excluding hydrogens is 320 g/mol. The van der Waals surface area contributed by atoms with Gasteiger partial charge in [0.1, 0.15) is 5.75 Å². The first-order chi connectivity index (χ1) is 12.1. The van der Waals surface area contributed by atoms with Crippen LogP contribution in [0.5, 0.6) is 5.75 Å². The molecule has 6 nitrogen and oxygen atoms in total. The highest BCUT2D eigenvalue weighted by atomic mass is 16.5. The van der Waals surface area contributed by atoms with E-state index in [2.05, 4.69) is 0 Å². The third-order valence-corrected chi connectivity index (χ3v) is 4.86. The maximum absolute atomic E-state index is 12.6. The van der Waals surface area contributed by atoms with Crippen LogP contribution >= 0.6 is 0 Å². The highest BCUT2D eigenvalue weighted by molar-refractivity contribution is 6.00. The molecule has 6 heteroatoms. The summed E-state index contributed by atoms with van der Waals surface area (Å²) in [6.45, 7) is 7.04. The summed E-state index contributed by atoms with van der Waals surface area (Å²) >= 11 is 0. The Kier molecular flexibility index (Phi) is 5.58. The molecule has 0 saturated carbocycles. The van der Waals surface area contributed by atoms with Crippen molar-refractivity contribution in [3.05, 3.63) is 24.3 Å². The van der Waals surface area contributed by atoms with Crippen LogP contribution in [-0.4, -0.2) is 55.7 Å². The maximum atomic E-state index is 12.6. The smallest absolute Gasteiger partial charge is 0.267 e. The molecule has 0 bridgehead atoms. The van der Waals surface area contributed by atoms with Crippen molar-refractivity contribution in [1.82, 2.24) is 4.90 Å². The Balaban J connectivity index is 1.63. The summed E-state index contributed by atoms with van der Waals surface area (Å²) in [6, 6.07) is 7.47. The molecule has 0 aromatic heterocycles. The number of carbonyl (C=O) groups is 2. The lowest BCUT2D eigenvalue weighted by molar-refractivity contribution is -0.131. The number of fused-ring (bicyclic) bond motifs is 1. The van der Waals surface area contributed by atoms with Crippen molar-refractivity contribution in [2.75, 3.05) is 37.7 Å². The Bertz CT molecular complexity index is 628. The van der Waals surface area contributed by atoms with Gasteiger partial charge in [-0.05, 0) is 32.4 Å². The lowest BCUT2D eigenvalue weighted by Crippen LogP contribution is -2.46. The maximum Gasteiger partial charge on any atom is 0.267 e. The van der Waals surface area contributed by atoms with Gasteiger partial charge in [0.25, 0.3) is 5.91 Å². The van der Waals surface area contributed by atoms with Gasteiger partial charge in [-0.3, -0.25) is 9.59 Å². The monoisotopic (exact) mass is 346 g/mol. The van der Waals surface area contributed by atoms with E-state index in [0.29, 0.717) is 31.2 Å². The zero-order chi connectivity index (χ0) is 17.8. The molecule has 2 aliphatic rings. The topological polar surface area (TPSA) is 59.1 Å². The first kappa shape index (κ1) is 17.7. The average Bonchev–Trinajstić information content (AvgIpc) is 3.13. The molecule has 3 rings (SSSR count). The number of para-hydroxylation sites is 2. The molecule has 1 aromatic rings. The Labute approximate surface area is 148 Å². The Morgan fingerprint density at radius 2 is 2.16 bits per heavy atom. The van der Waals surface area contributed by atoms with E-state index in [1.165, 1.54) is 0 Å². The van der Waals surface area contributed by atoms with Gasteiger partial charge in [0.2, 0.25) is 5.91 Å². The van der Waals surface area contributed by atoms with Crippen LogP contribution in [0.25, 0.3) is 0 Å². The highest BCUT2D eigenvalue weighted by Crippen LogP contribution is 2.33. The lowest BCUT2D eigenvalue weighted by Gasteiger charge is -2.33. The third-order valence-electron chi connectivity index (χ3n) is 4.86. The zero-order valence-electron chi connectivity index (χ0n) is 14.9. The summed E-state index contributed by atoms with van der Waals surface area (Å²) in [4.78, 5) is 28.6. The summed E-state index contributed by atoms with van der Waals surface area (Å²) in [6.07, 6.45) is 0.799. The van der Waals surface area contributed by atoms with E-state index >= 15 is 0 Å². The normalized spacial score (nSPS) is 22.5. The summed E-state index contributed by atoms with van der Waals surface area (Å²) in [5, 5.41) is 0. The fourth-order valence-corrected chi connectivity index (χ4v) is 3.40. The second-order valence-electron chi connectivity index (χ2n) is 6.63. The van der Waals surface area contributed by atoms with Gasteiger partial charge in [0, 0.05) is 38.6 Å².